The van der Waals surface area contributed by atoms with E-state index in [2.05, 4.69) is 4.98 Å². The Kier molecular flexibility index (Phi) is 4.43. The van der Waals surface area contributed by atoms with E-state index in [1.807, 2.05) is 13.0 Å². The summed E-state index contributed by atoms with van der Waals surface area (Å²) in [5.74, 6) is -2.18. The van der Waals surface area contributed by atoms with Crippen molar-refractivity contribution in [3.8, 4) is 0 Å². The highest BCUT2D eigenvalue weighted by molar-refractivity contribution is 6.30. The number of hydrogen-bond acceptors (Lipinski definition) is 3. The van der Waals surface area contributed by atoms with Gasteiger partial charge in [0.15, 0.2) is 11.6 Å². The second-order valence-electron chi connectivity index (χ2n) is 4.64. The summed E-state index contributed by atoms with van der Waals surface area (Å²) in [5, 5.41) is 9.54. The van der Waals surface area contributed by atoms with Crippen molar-refractivity contribution in [3.05, 3.63) is 58.5 Å². The van der Waals surface area contributed by atoms with Gasteiger partial charge >= 0.3 is 5.97 Å². The Labute approximate surface area is 126 Å². The van der Waals surface area contributed by atoms with Crippen LogP contribution in [-0.2, 0) is 0 Å². The topological polar surface area (TPSA) is 53.4 Å². The smallest absolute Gasteiger partial charge is 0.338 e. The highest BCUT2D eigenvalue weighted by Gasteiger charge is 2.21. The third-order valence-electron chi connectivity index (χ3n) is 3.35. The van der Waals surface area contributed by atoms with Gasteiger partial charge in [-0.2, -0.15) is 0 Å². The Morgan fingerprint density at radius 1 is 1.43 bits per heavy atom. The van der Waals surface area contributed by atoms with Gasteiger partial charge in [0.25, 0.3) is 0 Å². The average molecular weight is 309 g/mol. The predicted octanol–water partition coefficient (Wildman–Crippen LogP) is 3.77. The average Bonchev–Trinajstić information content (AvgIpc) is 2.45. The zero-order valence-electron chi connectivity index (χ0n) is 11.5. The molecule has 0 aliphatic heterocycles. The van der Waals surface area contributed by atoms with Crippen molar-refractivity contribution in [2.45, 2.75) is 13.0 Å². The maximum Gasteiger partial charge on any atom is 0.338 e. The molecule has 1 heterocycles. The third kappa shape index (κ3) is 3.13. The van der Waals surface area contributed by atoms with Crippen molar-refractivity contribution in [2.75, 3.05) is 11.9 Å². The van der Waals surface area contributed by atoms with Gasteiger partial charge < -0.3 is 10.0 Å². The summed E-state index contributed by atoms with van der Waals surface area (Å²) in [6.45, 7) is 1.86. The Morgan fingerprint density at radius 2 is 2.14 bits per heavy atom. The lowest BCUT2D eigenvalue weighted by molar-refractivity contribution is 0.0691. The van der Waals surface area contributed by atoms with Crippen LogP contribution >= 0.6 is 11.6 Å². The molecule has 0 aliphatic rings. The summed E-state index contributed by atoms with van der Waals surface area (Å²) in [5.41, 5.74) is 0.483. The Morgan fingerprint density at radius 3 is 2.76 bits per heavy atom. The number of pyridine rings is 1. The van der Waals surface area contributed by atoms with Crippen molar-refractivity contribution in [2.24, 2.45) is 0 Å². The number of anilines is 1. The molecule has 1 N–H and O–H groups in total. The first-order valence-corrected chi connectivity index (χ1v) is 6.65. The molecule has 1 aromatic carbocycles. The van der Waals surface area contributed by atoms with Gasteiger partial charge in [-0.1, -0.05) is 23.7 Å². The molecule has 2 rings (SSSR count). The summed E-state index contributed by atoms with van der Waals surface area (Å²) < 4.78 is 14.2. The maximum atomic E-state index is 14.2. The number of carboxylic acid groups (broad SMARTS) is 1. The largest absolute Gasteiger partial charge is 0.478 e. The van der Waals surface area contributed by atoms with Crippen LogP contribution in [0.25, 0.3) is 0 Å². The SMILES string of the molecule is CC(c1cccc(Cl)c1)N(C)c1nccc(C(=O)O)c1F. The van der Waals surface area contributed by atoms with Gasteiger partial charge in [-0.05, 0) is 30.7 Å². The molecule has 0 fully saturated rings. The van der Waals surface area contributed by atoms with E-state index < -0.39 is 17.3 Å². The van der Waals surface area contributed by atoms with E-state index in [-0.39, 0.29) is 11.9 Å². The van der Waals surface area contributed by atoms with Crippen molar-refractivity contribution < 1.29 is 14.3 Å². The van der Waals surface area contributed by atoms with Crippen molar-refractivity contribution in [3.63, 3.8) is 0 Å². The van der Waals surface area contributed by atoms with E-state index in [4.69, 9.17) is 16.7 Å². The first-order valence-electron chi connectivity index (χ1n) is 6.28. The number of hydrogen-bond donors (Lipinski definition) is 1. The molecule has 1 atom stereocenters. The normalized spacial score (nSPS) is 12.0. The summed E-state index contributed by atoms with van der Waals surface area (Å²) >= 11 is 5.95. The van der Waals surface area contributed by atoms with Crippen LogP contribution in [0.3, 0.4) is 0 Å². The lowest BCUT2D eigenvalue weighted by atomic mass is 10.1. The molecule has 0 saturated heterocycles. The first kappa shape index (κ1) is 15.3. The second kappa shape index (κ2) is 6.10. The van der Waals surface area contributed by atoms with E-state index in [0.717, 1.165) is 11.6 Å². The molecule has 0 saturated carbocycles. The van der Waals surface area contributed by atoms with E-state index in [1.165, 1.54) is 6.20 Å². The second-order valence-corrected chi connectivity index (χ2v) is 5.08. The molecule has 0 radical (unpaired) electrons. The maximum absolute atomic E-state index is 14.2. The van der Waals surface area contributed by atoms with Crippen molar-refractivity contribution in [1.82, 2.24) is 4.98 Å². The van der Waals surface area contributed by atoms with Gasteiger partial charge in [0.05, 0.1) is 6.04 Å². The standard InChI is InChI=1S/C15H14ClFN2O2/c1-9(10-4-3-5-11(16)8-10)19(2)14-13(17)12(15(20)21)6-7-18-14/h3-9H,1-2H3,(H,20,21). The minimum absolute atomic E-state index is 0.0117. The van der Waals surface area contributed by atoms with Crippen LogP contribution in [0, 0.1) is 5.82 Å². The van der Waals surface area contributed by atoms with Gasteiger partial charge in [-0.3, -0.25) is 0 Å². The predicted molar refractivity (Wildman–Crippen MR) is 79.4 cm³/mol. The fourth-order valence-corrected chi connectivity index (χ4v) is 2.22. The fourth-order valence-electron chi connectivity index (χ4n) is 2.02. The van der Waals surface area contributed by atoms with Crippen LogP contribution < -0.4 is 4.90 Å². The van der Waals surface area contributed by atoms with Crippen LogP contribution in [0.4, 0.5) is 10.2 Å². The molecule has 1 unspecified atom stereocenters. The van der Waals surface area contributed by atoms with Crippen LogP contribution in [0.15, 0.2) is 36.5 Å². The number of carboxylic acids is 1. The summed E-state index contributed by atoms with van der Waals surface area (Å²) in [7, 11) is 1.66. The zero-order valence-corrected chi connectivity index (χ0v) is 12.3. The fraction of sp³-hybridized carbons (Fsp3) is 0.200. The minimum Gasteiger partial charge on any atom is -0.478 e. The van der Waals surface area contributed by atoms with E-state index in [9.17, 15) is 9.18 Å². The van der Waals surface area contributed by atoms with Gasteiger partial charge in [-0.25, -0.2) is 14.2 Å². The Bertz CT molecular complexity index is 678. The number of nitrogens with zero attached hydrogens (tertiary/aromatic N) is 2. The van der Waals surface area contributed by atoms with E-state index in [0.29, 0.717) is 5.02 Å². The van der Waals surface area contributed by atoms with E-state index >= 15 is 0 Å². The van der Waals surface area contributed by atoms with Crippen LogP contribution in [-0.4, -0.2) is 23.1 Å². The van der Waals surface area contributed by atoms with Gasteiger partial charge in [0, 0.05) is 18.3 Å². The lowest BCUT2D eigenvalue weighted by Gasteiger charge is -2.27. The lowest BCUT2D eigenvalue weighted by Crippen LogP contribution is -2.24. The molecule has 0 aliphatic carbocycles. The van der Waals surface area contributed by atoms with Crippen LogP contribution in [0.1, 0.15) is 28.9 Å². The number of carbonyl (C=O) groups is 1. The molecular formula is C15H14ClFN2O2. The highest BCUT2D eigenvalue weighted by atomic mass is 35.5. The van der Waals surface area contributed by atoms with Gasteiger partial charge in [-0.15, -0.1) is 0 Å². The Balaban J connectivity index is 2.38. The van der Waals surface area contributed by atoms with E-state index in [1.54, 1.807) is 30.1 Å². The summed E-state index contributed by atoms with van der Waals surface area (Å²) in [4.78, 5) is 16.5. The molecule has 110 valence electrons. The third-order valence-corrected chi connectivity index (χ3v) is 3.58. The van der Waals surface area contributed by atoms with Crippen molar-refractivity contribution >= 4 is 23.4 Å². The van der Waals surface area contributed by atoms with Crippen LogP contribution in [0.2, 0.25) is 5.02 Å². The zero-order chi connectivity index (χ0) is 15.6. The number of aromatic nitrogens is 1. The molecule has 21 heavy (non-hydrogen) atoms. The molecule has 0 bridgehead atoms. The molecule has 1 aromatic heterocycles. The highest BCUT2D eigenvalue weighted by Crippen LogP contribution is 2.28. The van der Waals surface area contributed by atoms with Gasteiger partial charge in [0.1, 0.15) is 5.56 Å². The summed E-state index contributed by atoms with van der Waals surface area (Å²) in [6, 6.07) is 8.13. The molecule has 0 spiro atoms. The molecule has 0 amide bonds. The number of aromatic carboxylic acids is 1. The van der Waals surface area contributed by atoms with Crippen LogP contribution in [0.5, 0.6) is 0 Å². The molecule has 2 aromatic rings. The monoisotopic (exact) mass is 308 g/mol. The minimum atomic E-state index is -1.32. The number of benzene rings is 1. The Hall–Kier alpha value is -2.14. The number of halogens is 2. The molecule has 4 nitrogen and oxygen atoms in total. The number of rotatable bonds is 4. The van der Waals surface area contributed by atoms with Gasteiger partial charge in [0.2, 0.25) is 0 Å². The first-order chi connectivity index (χ1) is 9.91. The quantitative estimate of drug-likeness (QED) is 0.934. The summed E-state index contributed by atoms with van der Waals surface area (Å²) in [6.07, 6.45) is 1.28. The van der Waals surface area contributed by atoms with Crippen molar-refractivity contribution in [1.29, 1.82) is 0 Å². The molecule has 6 heteroatoms. The molecular weight excluding hydrogens is 295 g/mol.